The minimum atomic E-state index is -3.33. The predicted octanol–water partition coefficient (Wildman–Crippen LogP) is 4.29. The maximum absolute atomic E-state index is 12.7. The molecule has 1 aromatic rings. The number of nitrogens with zero attached hydrogens (tertiary/aromatic N) is 1. The van der Waals surface area contributed by atoms with E-state index in [1.54, 1.807) is 24.3 Å². The number of carbonyl (C=O) groups is 1. The predicted molar refractivity (Wildman–Crippen MR) is 101 cm³/mol. The van der Waals surface area contributed by atoms with E-state index in [2.05, 4.69) is 11.8 Å². The van der Waals surface area contributed by atoms with E-state index in [4.69, 9.17) is 6.57 Å². The molecule has 0 radical (unpaired) electrons. The van der Waals surface area contributed by atoms with Crippen molar-refractivity contribution in [2.75, 3.05) is 5.75 Å². The number of Topliss-reactive ketones (excluding diaryl/α,β-unsaturated/α-hetero) is 1. The molecule has 26 heavy (non-hydrogen) atoms. The highest BCUT2D eigenvalue weighted by atomic mass is 32.2. The summed E-state index contributed by atoms with van der Waals surface area (Å²) in [6, 6.07) is 8.57. The summed E-state index contributed by atoms with van der Waals surface area (Å²) in [6.07, 6.45) is 4.12. The Bertz CT molecular complexity index is 893. The van der Waals surface area contributed by atoms with Crippen molar-refractivity contribution in [2.24, 2.45) is 22.7 Å². The molecule has 0 amide bonds. The molecule has 0 aliphatic heterocycles. The highest BCUT2D eigenvalue weighted by molar-refractivity contribution is 7.91. The second-order valence-electron chi connectivity index (χ2n) is 8.49. The van der Waals surface area contributed by atoms with Gasteiger partial charge in [0, 0.05) is 5.41 Å². The normalized spacial score (nSPS) is 30.8. The largest absolute Gasteiger partial charge is 0.307 e. The maximum atomic E-state index is 12.7. The molecule has 1 aromatic carbocycles. The van der Waals surface area contributed by atoms with Gasteiger partial charge in [-0.15, -0.1) is 0 Å². The molecule has 0 bridgehead atoms. The molecule has 2 aliphatic carbocycles. The molecule has 0 aromatic heterocycles. The zero-order valence-corrected chi connectivity index (χ0v) is 16.3. The number of carbonyl (C=O) groups excluding carboxylic acids is 1. The topological polar surface area (TPSA) is 55.6 Å². The van der Waals surface area contributed by atoms with Crippen molar-refractivity contribution in [3.63, 3.8) is 0 Å². The lowest BCUT2D eigenvalue weighted by atomic mass is 9.52. The molecule has 0 heterocycles. The summed E-state index contributed by atoms with van der Waals surface area (Å²) < 4.78 is 25.5. The smallest absolute Gasteiger partial charge is 0.226 e. The third kappa shape index (κ3) is 3.12. The molecule has 2 aliphatic rings. The van der Waals surface area contributed by atoms with Crippen LogP contribution < -0.4 is 0 Å². The Kier molecular flexibility index (Phi) is 4.60. The Morgan fingerprint density at radius 2 is 1.81 bits per heavy atom. The fourth-order valence-corrected chi connectivity index (χ4v) is 6.74. The van der Waals surface area contributed by atoms with Crippen LogP contribution in [-0.2, 0) is 14.6 Å². The summed E-state index contributed by atoms with van der Waals surface area (Å²) in [6.45, 7) is 13.3. The number of rotatable bonds is 3. The zero-order chi connectivity index (χ0) is 19.2. The number of fused-ring (bicyclic) bond motifs is 1. The Morgan fingerprint density at radius 3 is 2.42 bits per heavy atom. The lowest BCUT2D eigenvalue weighted by Gasteiger charge is -2.52. The number of hydrogen-bond acceptors (Lipinski definition) is 3. The van der Waals surface area contributed by atoms with Gasteiger partial charge in [0.15, 0.2) is 15.6 Å². The van der Waals surface area contributed by atoms with Gasteiger partial charge in [0.2, 0.25) is 5.70 Å². The van der Waals surface area contributed by atoms with Crippen LogP contribution in [0.15, 0.2) is 47.0 Å². The van der Waals surface area contributed by atoms with Crippen molar-refractivity contribution in [2.45, 2.75) is 44.9 Å². The minimum Gasteiger partial charge on any atom is -0.307 e. The highest BCUT2D eigenvalue weighted by Gasteiger charge is 2.53. The summed E-state index contributed by atoms with van der Waals surface area (Å²) >= 11 is 0. The number of allylic oxidation sites excluding steroid dienone is 2. The van der Waals surface area contributed by atoms with Crippen LogP contribution in [0.3, 0.4) is 0 Å². The molecule has 3 rings (SSSR count). The van der Waals surface area contributed by atoms with E-state index < -0.39 is 15.3 Å². The van der Waals surface area contributed by atoms with Gasteiger partial charge in [0.25, 0.3) is 0 Å². The van der Waals surface area contributed by atoms with Gasteiger partial charge in [-0.3, -0.25) is 0 Å². The van der Waals surface area contributed by atoms with Crippen LogP contribution >= 0.6 is 0 Å². The van der Waals surface area contributed by atoms with E-state index in [1.807, 2.05) is 26.0 Å². The fraction of sp³-hybridized carbons (Fsp3) is 0.524. The number of ketones is 1. The minimum absolute atomic E-state index is 0.0358. The van der Waals surface area contributed by atoms with Crippen molar-refractivity contribution in [1.82, 2.24) is 0 Å². The molecule has 0 unspecified atom stereocenters. The van der Waals surface area contributed by atoms with Crippen LogP contribution in [0.25, 0.3) is 4.85 Å². The summed E-state index contributed by atoms with van der Waals surface area (Å²) in [5, 5.41) is 0. The van der Waals surface area contributed by atoms with Crippen molar-refractivity contribution in [3.8, 4) is 0 Å². The van der Waals surface area contributed by atoms with Gasteiger partial charge in [0.05, 0.1) is 17.2 Å². The number of sulfone groups is 1. The Hall–Kier alpha value is -1.93. The quantitative estimate of drug-likeness (QED) is 0.745. The SMILES string of the molecule is [C-]#[N+]C1=C[C@]2(C)C[C@@H](CS(=O)(=O)c3ccccc3)CC[C@H]2C(C)(C)C1=O. The van der Waals surface area contributed by atoms with E-state index in [0.29, 0.717) is 11.3 Å². The second-order valence-corrected chi connectivity index (χ2v) is 10.5. The van der Waals surface area contributed by atoms with E-state index in [1.165, 1.54) is 0 Å². The van der Waals surface area contributed by atoms with Crippen LogP contribution in [0.2, 0.25) is 0 Å². The van der Waals surface area contributed by atoms with Crippen LogP contribution in [0.1, 0.15) is 40.0 Å². The zero-order valence-electron chi connectivity index (χ0n) is 15.5. The van der Waals surface area contributed by atoms with E-state index >= 15 is 0 Å². The summed E-state index contributed by atoms with van der Waals surface area (Å²) in [7, 11) is -3.33. The molecule has 138 valence electrons. The van der Waals surface area contributed by atoms with Gasteiger partial charge < -0.3 is 4.79 Å². The van der Waals surface area contributed by atoms with Crippen molar-refractivity contribution in [1.29, 1.82) is 0 Å². The third-order valence-corrected chi connectivity index (χ3v) is 8.12. The average Bonchev–Trinajstić information content (AvgIpc) is 2.58. The van der Waals surface area contributed by atoms with Crippen LogP contribution in [-0.4, -0.2) is 20.0 Å². The van der Waals surface area contributed by atoms with Gasteiger partial charge in [-0.05, 0) is 48.6 Å². The Morgan fingerprint density at radius 1 is 1.15 bits per heavy atom. The molecule has 0 N–H and O–H groups in total. The first-order valence-corrected chi connectivity index (χ1v) is 10.7. The summed E-state index contributed by atoms with van der Waals surface area (Å²) in [4.78, 5) is 16.4. The second kappa shape index (κ2) is 6.35. The van der Waals surface area contributed by atoms with Crippen molar-refractivity contribution in [3.05, 3.63) is 53.5 Å². The lowest BCUT2D eigenvalue weighted by Crippen LogP contribution is -2.49. The Balaban J connectivity index is 1.88. The van der Waals surface area contributed by atoms with E-state index in [0.717, 1.165) is 12.8 Å². The monoisotopic (exact) mass is 371 g/mol. The first kappa shape index (κ1) is 18.8. The van der Waals surface area contributed by atoms with Crippen molar-refractivity contribution >= 4 is 15.6 Å². The molecular formula is C21H25NO3S. The first-order chi connectivity index (χ1) is 12.1. The number of hydrogen-bond donors (Lipinski definition) is 0. The third-order valence-electron chi connectivity index (χ3n) is 6.22. The number of benzene rings is 1. The van der Waals surface area contributed by atoms with Crippen LogP contribution in [0.5, 0.6) is 0 Å². The molecule has 5 heteroatoms. The van der Waals surface area contributed by atoms with Crippen LogP contribution in [0, 0.1) is 29.2 Å². The molecule has 1 saturated carbocycles. The standard InChI is InChI=1S/C21H25NO3S/c1-20(2)18-11-10-15(12-21(18,3)13-17(22-4)19(20)23)14-26(24,25)16-8-6-5-7-9-16/h5-9,13,15,18H,10-12,14H2,1-3H3/t15-,18-,21-/m0/s1. The van der Waals surface area contributed by atoms with Gasteiger partial charge >= 0.3 is 0 Å². The molecular weight excluding hydrogens is 346 g/mol. The molecule has 3 atom stereocenters. The first-order valence-electron chi connectivity index (χ1n) is 9.03. The van der Waals surface area contributed by atoms with Crippen molar-refractivity contribution < 1.29 is 13.2 Å². The summed E-state index contributed by atoms with van der Waals surface area (Å²) in [5.41, 5.74) is -0.681. The highest BCUT2D eigenvalue weighted by Crippen LogP contribution is 2.56. The van der Waals surface area contributed by atoms with E-state index in [-0.39, 0.29) is 34.5 Å². The Labute approximate surface area is 156 Å². The van der Waals surface area contributed by atoms with Gasteiger partial charge in [0.1, 0.15) is 0 Å². The van der Waals surface area contributed by atoms with E-state index in [9.17, 15) is 13.2 Å². The van der Waals surface area contributed by atoms with Gasteiger partial charge in [-0.25, -0.2) is 13.3 Å². The maximum Gasteiger partial charge on any atom is 0.226 e. The fourth-order valence-electron chi connectivity index (χ4n) is 5.07. The average molecular weight is 372 g/mol. The molecule has 0 saturated heterocycles. The lowest BCUT2D eigenvalue weighted by molar-refractivity contribution is -0.131. The van der Waals surface area contributed by atoms with Gasteiger partial charge in [-0.1, -0.05) is 45.0 Å². The molecule has 0 spiro atoms. The molecule has 4 nitrogen and oxygen atoms in total. The van der Waals surface area contributed by atoms with Crippen LogP contribution in [0.4, 0.5) is 0 Å². The van der Waals surface area contributed by atoms with Gasteiger partial charge in [-0.2, -0.15) is 0 Å². The molecule has 1 fully saturated rings. The summed E-state index contributed by atoms with van der Waals surface area (Å²) in [5.74, 6) is 0.220.